The topological polar surface area (TPSA) is 52.0 Å². The third-order valence-electron chi connectivity index (χ3n) is 2.19. The molecule has 0 saturated carbocycles. The minimum atomic E-state index is -0.290. The lowest BCUT2D eigenvalue weighted by atomic mass is 10.1. The van der Waals surface area contributed by atoms with Crippen LogP contribution < -0.4 is 5.73 Å². The summed E-state index contributed by atoms with van der Waals surface area (Å²) in [5.74, 6) is 0.711. The van der Waals surface area contributed by atoms with Crippen LogP contribution in [0.5, 0.6) is 0 Å². The van der Waals surface area contributed by atoms with Crippen molar-refractivity contribution >= 4 is 0 Å². The van der Waals surface area contributed by atoms with E-state index in [0.717, 1.165) is 5.56 Å². The van der Waals surface area contributed by atoms with Crippen molar-refractivity contribution in [3.63, 3.8) is 0 Å². The molecule has 1 aromatic heterocycles. The predicted octanol–water partition coefficient (Wildman–Crippen LogP) is 2.25. The third-order valence-corrected chi connectivity index (χ3v) is 2.19. The fourth-order valence-electron chi connectivity index (χ4n) is 1.39. The second-order valence-electron chi connectivity index (χ2n) is 3.28. The number of aryl methyl sites for hydroxylation is 1. The average Bonchev–Trinajstić information content (AvgIpc) is 2.70. The molecule has 0 saturated heterocycles. The molecule has 78 valence electrons. The molecule has 2 rings (SSSR count). The van der Waals surface area contributed by atoms with Crippen molar-refractivity contribution in [1.29, 1.82) is 0 Å². The lowest BCUT2D eigenvalue weighted by Gasteiger charge is -2.01. The Kier molecular flexibility index (Phi) is 2.51. The van der Waals surface area contributed by atoms with E-state index < -0.39 is 0 Å². The van der Waals surface area contributed by atoms with E-state index in [1.54, 1.807) is 12.3 Å². The van der Waals surface area contributed by atoms with Gasteiger partial charge in [0.25, 0.3) is 0 Å². The van der Waals surface area contributed by atoms with Crippen molar-refractivity contribution in [2.75, 3.05) is 0 Å². The van der Waals surface area contributed by atoms with Gasteiger partial charge in [0.2, 0.25) is 5.89 Å². The Hall–Kier alpha value is -1.68. The van der Waals surface area contributed by atoms with Crippen molar-refractivity contribution < 1.29 is 8.81 Å². The Morgan fingerprint density at radius 1 is 1.47 bits per heavy atom. The van der Waals surface area contributed by atoms with Gasteiger partial charge in [-0.25, -0.2) is 9.37 Å². The van der Waals surface area contributed by atoms with Gasteiger partial charge in [-0.05, 0) is 24.6 Å². The van der Waals surface area contributed by atoms with E-state index in [1.165, 1.54) is 12.1 Å². The predicted molar refractivity (Wildman–Crippen MR) is 54.5 cm³/mol. The molecule has 0 amide bonds. The molecular formula is C11H11FN2O. The zero-order valence-corrected chi connectivity index (χ0v) is 8.33. The highest BCUT2D eigenvalue weighted by Gasteiger charge is 2.08. The molecule has 0 fully saturated rings. The van der Waals surface area contributed by atoms with Crippen LogP contribution in [0.2, 0.25) is 0 Å². The van der Waals surface area contributed by atoms with Crippen molar-refractivity contribution in [2.24, 2.45) is 5.73 Å². The second-order valence-corrected chi connectivity index (χ2v) is 3.28. The Balaban J connectivity index is 2.48. The van der Waals surface area contributed by atoms with E-state index in [4.69, 9.17) is 10.2 Å². The lowest BCUT2D eigenvalue weighted by molar-refractivity contribution is 0.509. The fourth-order valence-corrected chi connectivity index (χ4v) is 1.39. The van der Waals surface area contributed by atoms with E-state index in [0.29, 0.717) is 17.2 Å². The second kappa shape index (κ2) is 3.82. The highest BCUT2D eigenvalue weighted by molar-refractivity contribution is 5.61. The summed E-state index contributed by atoms with van der Waals surface area (Å²) in [5.41, 5.74) is 7.03. The maximum absolute atomic E-state index is 13.0. The molecule has 0 bridgehead atoms. The molecule has 4 heteroatoms. The van der Waals surface area contributed by atoms with Gasteiger partial charge in [-0.1, -0.05) is 6.07 Å². The average molecular weight is 206 g/mol. The van der Waals surface area contributed by atoms with Gasteiger partial charge in [0.05, 0.1) is 12.7 Å². The van der Waals surface area contributed by atoms with Crippen LogP contribution in [0, 0.1) is 12.7 Å². The zero-order valence-electron chi connectivity index (χ0n) is 8.33. The Morgan fingerprint density at radius 2 is 2.27 bits per heavy atom. The minimum absolute atomic E-state index is 0.244. The highest BCUT2D eigenvalue weighted by atomic mass is 19.1. The standard InChI is InChI=1S/C11H11FN2O/c1-7-2-3-8(12)4-9(7)10-6-14-11(5-13)15-10/h2-4,6H,5,13H2,1H3. The molecule has 1 aromatic carbocycles. The summed E-state index contributed by atoms with van der Waals surface area (Å²) in [7, 11) is 0. The van der Waals surface area contributed by atoms with Crippen LogP contribution in [-0.4, -0.2) is 4.98 Å². The van der Waals surface area contributed by atoms with Gasteiger partial charge < -0.3 is 10.2 Å². The number of hydrogen-bond donors (Lipinski definition) is 1. The monoisotopic (exact) mass is 206 g/mol. The normalized spacial score (nSPS) is 10.6. The van der Waals surface area contributed by atoms with Gasteiger partial charge in [-0.15, -0.1) is 0 Å². The molecule has 0 aliphatic heterocycles. The molecule has 2 N–H and O–H groups in total. The molecule has 1 heterocycles. The third kappa shape index (κ3) is 1.89. The summed E-state index contributed by atoms with van der Waals surface area (Å²) in [6.07, 6.45) is 1.56. The molecule has 0 unspecified atom stereocenters. The van der Waals surface area contributed by atoms with Crippen LogP contribution in [-0.2, 0) is 6.54 Å². The number of oxazole rings is 1. The number of hydrogen-bond acceptors (Lipinski definition) is 3. The van der Waals surface area contributed by atoms with E-state index in [-0.39, 0.29) is 12.4 Å². The van der Waals surface area contributed by atoms with Gasteiger partial charge in [0, 0.05) is 5.56 Å². The van der Waals surface area contributed by atoms with Crippen molar-refractivity contribution in [3.8, 4) is 11.3 Å². The first-order valence-corrected chi connectivity index (χ1v) is 4.62. The van der Waals surface area contributed by atoms with Crippen molar-refractivity contribution in [1.82, 2.24) is 4.98 Å². The summed E-state index contributed by atoms with van der Waals surface area (Å²) in [6.45, 7) is 2.13. The van der Waals surface area contributed by atoms with Crippen molar-refractivity contribution in [2.45, 2.75) is 13.5 Å². The Morgan fingerprint density at radius 3 is 2.93 bits per heavy atom. The van der Waals surface area contributed by atoms with E-state index >= 15 is 0 Å². The molecule has 0 atom stereocenters. The maximum Gasteiger partial charge on any atom is 0.208 e. The molecule has 0 radical (unpaired) electrons. The summed E-state index contributed by atoms with van der Waals surface area (Å²) < 4.78 is 18.4. The summed E-state index contributed by atoms with van der Waals surface area (Å²) in [5, 5.41) is 0. The number of aromatic nitrogens is 1. The number of nitrogens with zero attached hydrogens (tertiary/aromatic N) is 1. The molecular weight excluding hydrogens is 195 g/mol. The summed E-state index contributed by atoms with van der Waals surface area (Å²) >= 11 is 0. The molecule has 0 spiro atoms. The number of halogens is 1. The largest absolute Gasteiger partial charge is 0.439 e. The van der Waals surface area contributed by atoms with E-state index in [9.17, 15) is 4.39 Å². The first kappa shape index (κ1) is 9.86. The SMILES string of the molecule is Cc1ccc(F)cc1-c1cnc(CN)o1. The quantitative estimate of drug-likeness (QED) is 0.819. The molecule has 15 heavy (non-hydrogen) atoms. The molecule has 0 aliphatic rings. The first-order chi connectivity index (χ1) is 7.20. The van der Waals surface area contributed by atoms with Crippen LogP contribution in [0.4, 0.5) is 4.39 Å². The molecule has 0 aliphatic carbocycles. The van der Waals surface area contributed by atoms with E-state index in [2.05, 4.69) is 4.98 Å². The number of nitrogens with two attached hydrogens (primary N) is 1. The van der Waals surface area contributed by atoms with E-state index in [1.807, 2.05) is 6.92 Å². The summed E-state index contributed by atoms with van der Waals surface area (Å²) in [6, 6.07) is 4.55. The molecule has 3 nitrogen and oxygen atoms in total. The first-order valence-electron chi connectivity index (χ1n) is 4.62. The number of benzene rings is 1. The molecule has 2 aromatic rings. The van der Waals surface area contributed by atoms with Gasteiger partial charge in [-0.3, -0.25) is 0 Å². The highest BCUT2D eigenvalue weighted by Crippen LogP contribution is 2.24. The van der Waals surface area contributed by atoms with Gasteiger partial charge in [0.15, 0.2) is 5.76 Å². The van der Waals surface area contributed by atoms with Crippen LogP contribution in [0.25, 0.3) is 11.3 Å². The minimum Gasteiger partial charge on any atom is -0.439 e. The van der Waals surface area contributed by atoms with Gasteiger partial charge in [0.1, 0.15) is 5.82 Å². The van der Waals surface area contributed by atoms with Crippen molar-refractivity contribution in [3.05, 3.63) is 41.7 Å². The van der Waals surface area contributed by atoms with Crippen LogP contribution in [0.1, 0.15) is 11.5 Å². The number of rotatable bonds is 2. The van der Waals surface area contributed by atoms with Crippen LogP contribution in [0.15, 0.2) is 28.8 Å². The maximum atomic E-state index is 13.0. The van der Waals surface area contributed by atoms with Gasteiger partial charge >= 0.3 is 0 Å². The fraction of sp³-hybridized carbons (Fsp3) is 0.182. The van der Waals surface area contributed by atoms with Gasteiger partial charge in [-0.2, -0.15) is 0 Å². The van der Waals surface area contributed by atoms with Crippen LogP contribution in [0.3, 0.4) is 0 Å². The summed E-state index contributed by atoms with van der Waals surface area (Å²) in [4.78, 5) is 3.97. The lowest BCUT2D eigenvalue weighted by Crippen LogP contribution is -1.94. The Labute approximate surface area is 86.7 Å². The Bertz CT molecular complexity index is 479. The smallest absolute Gasteiger partial charge is 0.208 e. The van der Waals surface area contributed by atoms with Crippen LogP contribution >= 0.6 is 0 Å². The zero-order chi connectivity index (χ0) is 10.8.